The summed E-state index contributed by atoms with van der Waals surface area (Å²) >= 11 is 0. The summed E-state index contributed by atoms with van der Waals surface area (Å²) in [6.07, 6.45) is 3.49. The van der Waals surface area contributed by atoms with E-state index in [4.69, 9.17) is 9.72 Å². The molecule has 3 heterocycles. The lowest BCUT2D eigenvalue weighted by molar-refractivity contribution is 0.0856. The maximum atomic E-state index is 12.5. The SMILES string of the molecule is Cc1cc(C2CCCN(C(=O)OCc3ccccc3)C2)nc2ccnn12. The molecule has 0 aliphatic carbocycles. The van der Waals surface area contributed by atoms with Crippen LogP contribution in [0.5, 0.6) is 0 Å². The van der Waals surface area contributed by atoms with Gasteiger partial charge in [0.25, 0.3) is 0 Å². The minimum Gasteiger partial charge on any atom is -0.445 e. The maximum absolute atomic E-state index is 12.5. The molecule has 1 amide bonds. The molecule has 1 fully saturated rings. The van der Waals surface area contributed by atoms with Crippen LogP contribution in [0.15, 0.2) is 48.7 Å². The molecule has 6 nitrogen and oxygen atoms in total. The van der Waals surface area contributed by atoms with Gasteiger partial charge in [0.15, 0.2) is 5.65 Å². The predicted molar refractivity (Wildman–Crippen MR) is 97.9 cm³/mol. The van der Waals surface area contributed by atoms with Gasteiger partial charge < -0.3 is 9.64 Å². The second-order valence-corrected chi connectivity index (χ2v) is 6.75. The highest BCUT2D eigenvalue weighted by molar-refractivity contribution is 5.68. The largest absolute Gasteiger partial charge is 0.445 e. The third-order valence-corrected chi connectivity index (χ3v) is 4.86. The van der Waals surface area contributed by atoms with Crippen molar-refractivity contribution in [2.45, 2.75) is 32.3 Å². The van der Waals surface area contributed by atoms with Gasteiger partial charge in [0.2, 0.25) is 0 Å². The van der Waals surface area contributed by atoms with Gasteiger partial charge in [-0.2, -0.15) is 5.10 Å². The van der Waals surface area contributed by atoms with Crippen molar-refractivity contribution in [2.24, 2.45) is 0 Å². The van der Waals surface area contributed by atoms with Crippen molar-refractivity contribution in [1.82, 2.24) is 19.5 Å². The zero-order valence-corrected chi connectivity index (χ0v) is 14.8. The van der Waals surface area contributed by atoms with E-state index in [9.17, 15) is 4.79 Å². The van der Waals surface area contributed by atoms with Crippen LogP contribution in [-0.4, -0.2) is 38.7 Å². The van der Waals surface area contributed by atoms with Crippen molar-refractivity contribution in [3.05, 3.63) is 65.6 Å². The number of aryl methyl sites for hydroxylation is 1. The average Bonchev–Trinajstić information content (AvgIpc) is 3.16. The molecule has 3 aromatic rings. The number of carbonyl (C=O) groups excluding carboxylic acids is 1. The molecule has 2 aromatic heterocycles. The fourth-order valence-electron chi connectivity index (χ4n) is 3.50. The number of aromatic nitrogens is 3. The Hall–Kier alpha value is -2.89. The fraction of sp³-hybridized carbons (Fsp3) is 0.350. The maximum Gasteiger partial charge on any atom is 0.410 e. The van der Waals surface area contributed by atoms with Gasteiger partial charge in [0.05, 0.1) is 6.20 Å². The summed E-state index contributed by atoms with van der Waals surface area (Å²) in [5.74, 6) is 0.228. The van der Waals surface area contributed by atoms with Gasteiger partial charge in [-0.3, -0.25) is 0 Å². The molecule has 26 heavy (non-hydrogen) atoms. The van der Waals surface area contributed by atoms with E-state index in [0.717, 1.165) is 42.0 Å². The lowest BCUT2D eigenvalue weighted by Gasteiger charge is -2.32. The molecule has 1 aliphatic rings. The molecule has 0 bridgehead atoms. The summed E-state index contributed by atoms with van der Waals surface area (Å²) in [5.41, 5.74) is 3.93. The molecule has 1 aliphatic heterocycles. The first-order valence-corrected chi connectivity index (χ1v) is 8.97. The fourth-order valence-corrected chi connectivity index (χ4v) is 3.50. The van der Waals surface area contributed by atoms with Gasteiger partial charge in [0, 0.05) is 36.5 Å². The van der Waals surface area contributed by atoms with Crippen LogP contribution in [0.2, 0.25) is 0 Å². The Morgan fingerprint density at radius 1 is 1.27 bits per heavy atom. The Morgan fingerprint density at radius 3 is 2.96 bits per heavy atom. The Bertz CT molecular complexity index is 907. The van der Waals surface area contributed by atoms with E-state index in [1.807, 2.05) is 47.8 Å². The first kappa shape index (κ1) is 16.6. The van der Waals surface area contributed by atoms with Crippen molar-refractivity contribution in [3.8, 4) is 0 Å². The van der Waals surface area contributed by atoms with E-state index >= 15 is 0 Å². The highest BCUT2D eigenvalue weighted by Gasteiger charge is 2.27. The lowest BCUT2D eigenvalue weighted by atomic mass is 9.94. The molecule has 0 saturated carbocycles. The van der Waals surface area contributed by atoms with Crippen LogP contribution in [0.3, 0.4) is 0 Å². The van der Waals surface area contributed by atoms with Crippen molar-refractivity contribution in [2.75, 3.05) is 13.1 Å². The number of likely N-dealkylation sites (tertiary alicyclic amines) is 1. The molecule has 0 radical (unpaired) electrons. The monoisotopic (exact) mass is 350 g/mol. The number of benzene rings is 1. The van der Waals surface area contributed by atoms with E-state index < -0.39 is 0 Å². The van der Waals surface area contributed by atoms with Gasteiger partial charge in [-0.25, -0.2) is 14.3 Å². The van der Waals surface area contributed by atoms with Gasteiger partial charge in [-0.1, -0.05) is 30.3 Å². The van der Waals surface area contributed by atoms with Crippen molar-refractivity contribution in [1.29, 1.82) is 0 Å². The Balaban J connectivity index is 1.43. The molecule has 1 aromatic carbocycles. The molecular weight excluding hydrogens is 328 g/mol. The molecule has 1 saturated heterocycles. The van der Waals surface area contributed by atoms with Gasteiger partial charge in [-0.05, 0) is 31.4 Å². The molecule has 1 unspecified atom stereocenters. The summed E-state index contributed by atoms with van der Waals surface area (Å²) in [7, 11) is 0. The van der Waals surface area contributed by atoms with Crippen molar-refractivity contribution in [3.63, 3.8) is 0 Å². The zero-order chi connectivity index (χ0) is 17.9. The summed E-state index contributed by atoms with van der Waals surface area (Å²) in [6, 6.07) is 13.7. The van der Waals surface area contributed by atoms with Crippen LogP contribution in [-0.2, 0) is 11.3 Å². The molecule has 134 valence electrons. The predicted octanol–water partition coefficient (Wildman–Crippen LogP) is 3.55. The van der Waals surface area contributed by atoms with E-state index in [0.29, 0.717) is 13.2 Å². The highest BCUT2D eigenvalue weighted by Crippen LogP contribution is 2.27. The van der Waals surface area contributed by atoms with Crippen LogP contribution in [0.25, 0.3) is 5.65 Å². The summed E-state index contributed by atoms with van der Waals surface area (Å²) in [6.45, 7) is 3.71. The van der Waals surface area contributed by atoms with E-state index in [2.05, 4.69) is 11.2 Å². The van der Waals surface area contributed by atoms with Gasteiger partial charge >= 0.3 is 6.09 Å². The number of hydrogen-bond donors (Lipinski definition) is 0. The lowest BCUT2D eigenvalue weighted by Crippen LogP contribution is -2.39. The highest BCUT2D eigenvalue weighted by atomic mass is 16.6. The normalized spacial score (nSPS) is 17.4. The minimum atomic E-state index is -0.249. The molecule has 6 heteroatoms. The van der Waals surface area contributed by atoms with Crippen molar-refractivity contribution >= 4 is 11.7 Å². The minimum absolute atomic E-state index is 0.228. The number of carbonyl (C=O) groups is 1. The zero-order valence-electron chi connectivity index (χ0n) is 14.8. The molecule has 4 rings (SSSR count). The first-order valence-electron chi connectivity index (χ1n) is 8.97. The second-order valence-electron chi connectivity index (χ2n) is 6.75. The molecular formula is C20H22N4O2. The van der Waals surface area contributed by atoms with Gasteiger partial charge in [-0.15, -0.1) is 0 Å². The molecule has 0 spiro atoms. The Kier molecular flexibility index (Phi) is 4.56. The molecule has 0 N–H and O–H groups in total. The number of fused-ring (bicyclic) bond motifs is 1. The van der Waals surface area contributed by atoms with Crippen LogP contribution < -0.4 is 0 Å². The number of piperidine rings is 1. The third-order valence-electron chi connectivity index (χ3n) is 4.86. The Morgan fingerprint density at radius 2 is 2.12 bits per heavy atom. The quantitative estimate of drug-likeness (QED) is 0.725. The van der Waals surface area contributed by atoms with E-state index in [1.54, 1.807) is 11.1 Å². The topological polar surface area (TPSA) is 59.7 Å². The number of amides is 1. The van der Waals surface area contributed by atoms with Crippen LogP contribution >= 0.6 is 0 Å². The summed E-state index contributed by atoms with van der Waals surface area (Å²) in [5, 5.41) is 4.27. The van der Waals surface area contributed by atoms with E-state index in [-0.39, 0.29) is 12.0 Å². The van der Waals surface area contributed by atoms with Gasteiger partial charge in [0.1, 0.15) is 6.61 Å². The number of hydrogen-bond acceptors (Lipinski definition) is 4. The van der Waals surface area contributed by atoms with Crippen LogP contribution in [0.1, 0.15) is 35.7 Å². The third kappa shape index (κ3) is 3.40. The second kappa shape index (κ2) is 7.15. The summed E-state index contributed by atoms with van der Waals surface area (Å²) < 4.78 is 7.32. The van der Waals surface area contributed by atoms with Crippen molar-refractivity contribution < 1.29 is 9.53 Å². The van der Waals surface area contributed by atoms with E-state index in [1.165, 1.54) is 0 Å². The number of ether oxygens (including phenoxy) is 1. The number of nitrogens with zero attached hydrogens (tertiary/aromatic N) is 4. The molecule has 1 atom stereocenters. The standard InChI is InChI=1S/C20H22N4O2/c1-15-12-18(22-19-9-10-21-24(15)19)17-8-5-11-23(13-17)20(25)26-14-16-6-3-2-4-7-16/h2-4,6-7,9-10,12,17H,5,8,11,13-14H2,1H3. The van der Waals surface area contributed by atoms with Crippen LogP contribution in [0, 0.1) is 6.92 Å². The first-order chi connectivity index (χ1) is 12.7. The smallest absolute Gasteiger partial charge is 0.410 e. The average molecular weight is 350 g/mol. The Labute approximate surface area is 152 Å². The number of rotatable bonds is 3. The summed E-state index contributed by atoms with van der Waals surface area (Å²) in [4.78, 5) is 19.0. The van der Waals surface area contributed by atoms with Crippen LogP contribution in [0.4, 0.5) is 4.79 Å².